The summed E-state index contributed by atoms with van der Waals surface area (Å²) in [5.74, 6) is 0.217. The molecule has 1 aromatic carbocycles. The quantitative estimate of drug-likeness (QED) is 0.779. The van der Waals surface area contributed by atoms with E-state index in [-0.39, 0.29) is 12.4 Å². The minimum absolute atomic E-state index is 0.0744. The van der Waals surface area contributed by atoms with Crippen molar-refractivity contribution in [3.8, 4) is 5.75 Å². The van der Waals surface area contributed by atoms with Gasteiger partial charge < -0.3 is 14.9 Å². The van der Waals surface area contributed by atoms with Gasteiger partial charge in [0.25, 0.3) is 0 Å². The highest BCUT2D eigenvalue weighted by Gasteiger charge is 2.09. The Balaban J connectivity index is 2.67. The Morgan fingerprint density at radius 3 is 2.76 bits per heavy atom. The first-order chi connectivity index (χ1) is 8.17. The molecule has 17 heavy (non-hydrogen) atoms. The van der Waals surface area contributed by atoms with Gasteiger partial charge in [0.2, 0.25) is 0 Å². The molecule has 0 radical (unpaired) electrons. The van der Waals surface area contributed by atoms with Crippen molar-refractivity contribution in [2.45, 2.75) is 6.54 Å². The lowest BCUT2D eigenvalue weighted by Gasteiger charge is -2.21. The minimum atomic E-state index is 0.0744. The number of hydrogen-bond acceptors (Lipinski definition) is 4. The molecule has 1 aromatic rings. The number of benzene rings is 1. The van der Waals surface area contributed by atoms with Crippen LogP contribution in [0.25, 0.3) is 0 Å². The average molecular weight is 260 g/mol. The van der Waals surface area contributed by atoms with Crippen LogP contribution in [0.2, 0.25) is 5.02 Å². The van der Waals surface area contributed by atoms with Gasteiger partial charge in [0.05, 0.1) is 13.2 Å². The van der Waals surface area contributed by atoms with Gasteiger partial charge in [0, 0.05) is 37.3 Å². The van der Waals surface area contributed by atoms with Crippen LogP contribution >= 0.6 is 11.6 Å². The third-order valence-electron chi connectivity index (χ3n) is 2.46. The molecule has 0 unspecified atom stereocenters. The lowest BCUT2D eigenvalue weighted by atomic mass is 10.2. The van der Waals surface area contributed by atoms with Crippen LogP contribution in [0.3, 0.4) is 0 Å². The predicted octanol–water partition coefficient (Wildman–Crippen LogP) is 1.49. The highest BCUT2D eigenvalue weighted by Crippen LogP contribution is 2.22. The molecule has 0 aliphatic carbocycles. The van der Waals surface area contributed by atoms with Crippen molar-refractivity contribution in [2.75, 3.05) is 33.4 Å². The van der Waals surface area contributed by atoms with E-state index >= 15 is 0 Å². The summed E-state index contributed by atoms with van der Waals surface area (Å²) < 4.78 is 5.00. The van der Waals surface area contributed by atoms with Crippen molar-refractivity contribution in [2.24, 2.45) is 0 Å². The first kappa shape index (κ1) is 14.3. The first-order valence-corrected chi connectivity index (χ1v) is 5.84. The third-order valence-corrected chi connectivity index (χ3v) is 2.70. The molecule has 0 aromatic heterocycles. The second-order valence-electron chi connectivity index (χ2n) is 3.77. The number of aliphatic hydroxyl groups is 1. The molecule has 0 fully saturated rings. The van der Waals surface area contributed by atoms with E-state index in [0.29, 0.717) is 31.3 Å². The molecule has 96 valence electrons. The second kappa shape index (κ2) is 7.50. The van der Waals surface area contributed by atoms with Crippen LogP contribution in [-0.4, -0.2) is 48.5 Å². The van der Waals surface area contributed by atoms with Gasteiger partial charge in [-0.3, -0.25) is 4.90 Å². The molecule has 0 saturated heterocycles. The number of hydrogen-bond donors (Lipinski definition) is 2. The van der Waals surface area contributed by atoms with E-state index in [1.807, 2.05) is 4.90 Å². The maximum Gasteiger partial charge on any atom is 0.120 e. The zero-order valence-electron chi connectivity index (χ0n) is 9.90. The van der Waals surface area contributed by atoms with Crippen molar-refractivity contribution >= 4 is 11.6 Å². The maximum atomic E-state index is 9.70. The van der Waals surface area contributed by atoms with Crippen LogP contribution in [0.4, 0.5) is 0 Å². The Morgan fingerprint density at radius 1 is 1.35 bits per heavy atom. The van der Waals surface area contributed by atoms with Gasteiger partial charge in [-0.1, -0.05) is 11.6 Å². The van der Waals surface area contributed by atoms with E-state index < -0.39 is 0 Å². The third kappa shape index (κ3) is 4.91. The summed E-state index contributed by atoms with van der Waals surface area (Å²) >= 11 is 5.88. The summed E-state index contributed by atoms with van der Waals surface area (Å²) in [5.41, 5.74) is 0.752. The van der Waals surface area contributed by atoms with E-state index in [1.54, 1.807) is 25.3 Å². The number of phenols is 1. The van der Waals surface area contributed by atoms with E-state index in [2.05, 4.69) is 0 Å². The second-order valence-corrected chi connectivity index (χ2v) is 4.20. The van der Waals surface area contributed by atoms with E-state index in [9.17, 15) is 5.11 Å². The smallest absolute Gasteiger partial charge is 0.120 e. The van der Waals surface area contributed by atoms with Crippen LogP contribution in [0.15, 0.2) is 18.2 Å². The largest absolute Gasteiger partial charge is 0.508 e. The molecular weight excluding hydrogens is 242 g/mol. The van der Waals surface area contributed by atoms with Crippen LogP contribution in [-0.2, 0) is 11.3 Å². The zero-order valence-corrected chi connectivity index (χ0v) is 10.7. The van der Waals surface area contributed by atoms with Crippen LogP contribution in [0, 0.1) is 0 Å². The summed E-state index contributed by atoms with van der Waals surface area (Å²) in [4.78, 5) is 1.99. The van der Waals surface area contributed by atoms with Gasteiger partial charge >= 0.3 is 0 Å². The molecule has 0 atom stereocenters. The van der Waals surface area contributed by atoms with Crippen LogP contribution in [0.1, 0.15) is 5.56 Å². The summed E-state index contributed by atoms with van der Waals surface area (Å²) in [5, 5.41) is 19.3. The normalized spacial score (nSPS) is 11.1. The predicted molar refractivity (Wildman–Crippen MR) is 67.4 cm³/mol. The van der Waals surface area contributed by atoms with E-state index in [0.717, 1.165) is 5.56 Å². The van der Waals surface area contributed by atoms with Gasteiger partial charge in [-0.05, 0) is 18.2 Å². The molecule has 0 aliphatic rings. The maximum absolute atomic E-state index is 9.70. The fraction of sp³-hybridized carbons (Fsp3) is 0.500. The van der Waals surface area contributed by atoms with Crippen molar-refractivity contribution < 1.29 is 14.9 Å². The Morgan fingerprint density at radius 2 is 2.12 bits per heavy atom. The number of phenolic OH excluding ortho intramolecular Hbond substituents is 1. The molecule has 0 saturated carbocycles. The van der Waals surface area contributed by atoms with Gasteiger partial charge in [-0.15, -0.1) is 0 Å². The summed E-state index contributed by atoms with van der Waals surface area (Å²) in [7, 11) is 1.63. The lowest BCUT2D eigenvalue weighted by molar-refractivity contribution is 0.126. The lowest BCUT2D eigenvalue weighted by Crippen LogP contribution is -2.29. The SMILES string of the molecule is COCCN(CCO)Cc1cc(Cl)ccc1O. The summed E-state index contributed by atoms with van der Waals surface area (Å²) in [6.07, 6.45) is 0. The molecule has 2 N–H and O–H groups in total. The van der Waals surface area contributed by atoms with Gasteiger partial charge in [0.1, 0.15) is 5.75 Å². The van der Waals surface area contributed by atoms with Gasteiger partial charge in [-0.2, -0.15) is 0 Å². The molecule has 5 heteroatoms. The van der Waals surface area contributed by atoms with Crippen LogP contribution < -0.4 is 0 Å². The van der Waals surface area contributed by atoms with Crippen LogP contribution in [0.5, 0.6) is 5.75 Å². The molecule has 4 nitrogen and oxygen atoms in total. The number of ether oxygens (including phenoxy) is 1. The fourth-order valence-electron chi connectivity index (χ4n) is 1.55. The molecular formula is C12H18ClNO3. The van der Waals surface area contributed by atoms with Crippen molar-refractivity contribution in [1.29, 1.82) is 0 Å². The average Bonchev–Trinajstić information content (AvgIpc) is 2.31. The first-order valence-electron chi connectivity index (χ1n) is 5.47. The number of rotatable bonds is 7. The molecule has 1 rings (SSSR count). The molecule has 0 heterocycles. The molecule has 0 bridgehead atoms. The molecule has 0 aliphatic heterocycles. The number of aliphatic hydroxyl groups excluding tert-OH is 1. The Bertz CT molecular complexity index is 347. The van der Waals surface area contributed by atoms with Crippen molar-refractivity contribution in [3.05, 3.63) is 28.8 Å². The number of aromatic hydroxyl groups is 1. The highest BCUT2D eigenvalue weighted by molar-refractivity contribution is 6.30. The standard InChI is InChI=1S/C12H18ClNO3/c1-17-7-5-14(4-6-15)9-10-8-11(13)2-3-12(10)16/h2-3,8,15-16H,4-7,9H2,1H3. The zero-order chi connectivity index (χ0) is 12.7. The Labute approximate surface area is 106 Å². The van der Waals surface area contributed by atoms with Crippen molar-refractivity contribution in [1.82, 2.24) is 4.90 Å². The number of methoxy groups -OCH3 is 1. The summed E-state index contributed by atoms with van der Waals surface area (Å²) in [6, 6.07) is 4.95. The Kier molecular flexibility index (Phi) is 6.29. The van der Waals surface area contributed by atoms with E-state index in [4.69, 9.17) is 21.4 Å². The van der Waals surface area contributed by atoms with Gasteiger partial charge in [-0.25, -0.2) is 0 Å². The van der Waals surface area contributed by atoms with Gasteiger partial charge in [0.15, 0.2) is 0 Å². The minimum Gasteiger partial charge on any atom is -0.508 e. The number of halogens is 1. The number of nitrogens with zero attached hydrogens (tertiary/aromatic N) is 1. The molecule has 0 spiro atoms. The topological polar surface area (TPSA) is 52.9 Å². The van der Waals surface area contributed by atoms with Crippen molar-refractivity contribution in [3.63, 3.8) is 0 Å². The monoisotopic (exact) mass is 259 g/mol. The fourth-order valence-corrected chi connectivity index (χ4v) is 1.75. The summed E-state index contributed by atoms with van der Waals surface area (Å²) in [6.45, 7) is 2.43. The highest BCUT2D eigenvalue weighted by atomic mass is 35.5. The Hall–Kier alpha value is -0.810. The van der Waals surface area contributed by atoms with E-state index in [1.165, 1.54) is 0 Å². The molecule has 0 amide bonds.